The van der Waals surface area contributed by atoms with Gasteiger partial charge in [-0.2, -0.15) is 4.79 Å². The molecule has 10 heteroatoms. The number of hydrogen-bond acceptors (Lipinski definition) is 7. The van der Waals surface area contributed by atoms with Gasteiger partial charge in [-0.1, -0.05) is 10.6 Å². The zero-order valence-electron chi connectivity index (χ0n) is 16.6. The van der Waals surface area contributed by atoms with E-state index in [1.54, 1.807) is 29.2 Å². The van der Waals surface area contributed by atoms with E-state index >= 15 is 0 Å². The summed E-state index contributed by atoms with van der Waals surface area (Å²) >= 11 is 0. The predicted molar refractivity (Wildman–Crippen MR) is 107 cm³/mol. The molecule has 3 heterocycles. The van der Waals surface area contributed by atoms with Gasteiger partial charge in [-0.25, -0.2) is 10.1 Å². The molecule has 160 valence electrons. The maximum Gasteiger partial charge on any atom is 0.548 e. The zero-order valence-corrected chi connectivity index (χ0v) is 16.6. The molecule has 0 aromatic heterocycles. The number of carbonyl (C=O) groups excluding carboxylic acids is 1. The first-order valence-corrected chi connectivity index (χ1v) is 9.94. The van der Waals surface area contributed by atoms with Gasteiger partial charge in [-0.3, -0.25) is 9.69 Å². The number of fused-ring (bicyclic) bond motifs is 1. The lowest BCUT2D eigenvalue weighted by atomic mass is 10.1. The predicted octanol–water partition coefficient (Wildman–Crippen LogP) is -0.198. The third-order valence-corrected chi connectivity index (χ3v) is 5.98. The maximum atomic E-state index is 13.4. The molecule has 10 nitrogen and oxygen atoms in total. The summed E-state index contributed by atoms with van der Waals surface area (Å²) in [6, 6.07) is 7.08. The summed E-state index contributed by atoms with van der Waals surface area (Å²) in [5.41, 5.74) is 0.619. The van der Waals surface area contributed by atoms with E-state index in [1.807, 2.05) is 0 Å². The van der Waals surface area contributed by atoms with Crippen LogP contribution in [0.15, 0.2) is 24.3 Å². The quantitative estimate of drug-likeness (QED) is 0.352. The number of anilines is 1. The fraction of sp³-hybridized carbons (Fsp3) is 0.500. The van der Waals surface area contributed by atoms with Crippen molar-refractivity contribution in [3.63, 3.8) is 0 Å². The highest BCUT2D eigenvalue weighted by Crippen LogP contribution is 2.30. The Bertz CT molecular complexity index is 842. The smallest absolute Gasteiger partial charge is 0.481 e. The molecule has 3 N–H and O–H groups in total. The van der Waals surface area contributed by atoms with Crippen molar-refractivity contribution in [1.82, 2.24) is 15.1 Å². The number of nitrogens with one attached hydrogen (secondary N) is 1. The molecule has 0 saturated carbocycles. The minimum Gasteiger partial charge on any atom is -0.481 e. The van der Waals surface area contributed by atoms with Crippen LogP contribution in [0, 0.1) is 12.3 Å². The number of rotatable bonds is 4. The number of piperazine rings is 2. The SMILES string of the molecule is C#CCOc1ccc(N2CC[N@@+](O)(C(=O)O)C(N3CC4CNCCN4C3)C2=O)cc1. The second-order valence-corrected chi connectivity index (χ2v) is 7.77. The second kappa shape index (κ2) is 8.22. The number of nitrogens with zero attached hydrogens (tertiary/aromatic N) is 4. The number of hydrogen-bond donors (Lipinski definition) is 3. The molecule has 1 aromatic carbocycles. The highest BCUT2D eigenvalue weighted by Gasteiger charge is 2.59. The second-order valence-electron chi connectivity index (χ2n) is 7.77. The van der Waals surface area contributed by atoms with Crippen LogP contribution in [0.1, 0.15) is 0 Å². The molecular weight excluding hydrogens is 390 g/mol. The first kappa shape index (κ1) is 20.6. The monoisotopic (exact) mass is 416 g/mol. The van der Waals surface area contributed by atoms with Gasteiger partial charge >= 0.3 is 12.0 Å². The van der Waals surface area contributed by atoms with Gasteiger partial charge in [0.05, 0.1) is 13.2 Å². The van der Waals surface area contributed by atoms with E-state index < -0.39 is 22.8 Å². The molecule has 0 spiro atoms. The third kappa shape index (κ3) is 3.62. The average Bonchev–Trinajstić information content (AvgIpc) is 3.16. The van der Waals surface area contributed by atoms with Crippen LogP contribution in [-0.2, 0) is 4.79 Å². The topological polar surface area (TPSA) is 106 Å². The number of terminal acetylenes is 1. The largest absolute Gasteiger partial charge is 0.548 e. The average molecular weight is 416 g/mol. The maximum absolute atomic E-state index is 13.4. The minimum atomic E-state index is -1.42. The van der Waals surface area contributed by atoms with E-state index in [9.17, 15) is 19.9 Å². The van der Waals surface area contributed by atoms with Crippen molar-refractivity contribution in [2.24, 2.45) is 0 Å². The first-order valence-electron chi connectivity index (χ1n) is 9.94. The van der Waals surface area contributed by atoms with Crippen molar-refractivity contribution in [2.45, 2.75) is 12.2 Å². The Kier molecular flexibility index (Phi) is 5.64. The lowest BCUT2D eigenvalue weighted by Crippen LogP contribution is -2.73. The van der Waals surface area contributed by atoms with Crippen molar-refractivity contribution in [1.29, 1.82) is 0 Å². The number of amides is 2. The molecule has 0 radical (unpaired) electrons. The molecule has 3 fully saturated rings. The highest BCUT2D eigenvalue weighted by atomic mass is 16.6. The number of carboxylic acid groups (broad SMARTS) is 1. The molecule has 3 atom stereocenters. The fourth-order valence-corrected chi connectivity index (χ4v) is 4.45. The van der Waals surface area contributed by atoms with E-state index in [4.69, 9.17) is 11.2 Å². The molecule has 3 saturated heterocycles. The molecule has 0 aliphatic carbocycles. The van der Waals surface area contributed by atoms with Crippen molar-refractivity contribution in [3.05, 3.63) is 24.3 Å². The highest BCUT2D eigenvalue weighted by molar-refractivity contribution is 5.97. The van der Waals surface area contributed by atoms with Crippen molar-refractivity contribution in [2.75, 3.05) is 57.4 Å². The number of quaternary nitrogens is 1. The van der Waals surface area contributed by atoms with Crippen LogP contribution >= 0.6 is 0 Å². The van der Waals surface area contributed by atoms with Crippen LogP contribution in [0.25, 0.3) is 0 Å². The van der Waals surface area contributed by atoms with Crippen LogP contribution in [0.4, 0.5) is 10.5 Å². The Labute approximate surface area is 174 Å². The Morgan fingerprint density at radius 1 is 1.30 bits per heavy atom. The molecule has 4 rings (SSSR count). The van der Waals surface area contributed by atoms with Crippen LogP contribution in [-0.4, -0.2) is 102 Å². The van der Waals surface area contributed by atoms with E-state index in [2.05, 4.69) is 16.1 Å². The minimum absolute atomic E-state index is 0.0885. The summed E-state index contributed by atoms with van der Waals surface area (Å²) in [5.74, 6) is 2.54. The van der Waals surface area contributed by atoms with Gasteiger partial charge in [0, 0.05) is 37.9 Å². The van der Waals surface area contributed by atoms with Crippen molar-refractivity contribution < 1.29 is 29.3 Å². The van der Waals surface area contributed by atoms with Crippen molar-refractivity contribution >= 4 is 17.7 Å². The first-order chi connectivity index (χ1) is 14.4. The number of ether oxygens (including phenoxy) is 1. The summed E-state index contributed by atoms with van der Waals surface area (Å²) in [7, 11) is 0. The number of benzene rings is 1. The molecule has 3 aliphatic heterocycles. The van der Waals surface area contributed by atoms with Crippen LogP contribution in [0.2, 0.25) is 0 Å². The standard InChI is InChI=1S/C20H25N5O5/c1-2-11-30-17-5-3-15(4-6-17)24-9-10-25(29,20(27)28)18(19(24)26)23-13-16-12-21-7-8-22(16)14-23/h1,3-6,16,18,21,29H,7-14H2/p+1/t16?,18?,25-/m0/s1. The molecule has 30 heavy (non-hydrogen) atoms. The number of carbonyl (C=O) groups is 2. The van der Waals surface area contributed by atoms with E-state index in [-0.39, 0.29) is 25.7 Å². The normalized spacial score (nSPS) is 30.0. The van der Waals surface area contributed by atoms with E-state index in [0.717, 1.165) is 19.6 Å². The van der Waals surface area contributed by atoms with Crippen LogP contribution < -0.4 is 15.0 Å². The van der Waals surface area contributed by atoms with Crippen molar-refractivity contribution in [3.8, 4) is 18.1 Å². The van der Waals surface area contributed by atoms with E-state index in [0.29, 0.717) is 24.7 Å². The van der Waals surface area contributed by atoms with Crippen LogP contribution in [0.3, 0.4) is 0 Å². The van der Waals surface area contributed by atoms with E-state index in [1.165, 1.54) is 4.90 Å². The summed E-state index contributed by atoms with van der Waals surface area (Å²) in [4.78, 5) is 30.9. The Balaban J connectivity index is 1.58. The Hall–Kier alpha value is -2.68. The molecule has 1 aromatic rings. The van der Waals surface area contributed by atoms with Gasteiger partial charge < -0.3 is 20.1 Å². The zero-order chi connectivity index (χ0) is 21.3. The van der Waals surface area contributed by atoms with Gasteiger partial charge in [0.1, 0.15) is 18.9 Å². The number of hydroxylamine groups is 3. The summed E-state index contributed by atoms with van der Waals surface area (Å²) in [5, 5.41) is 24.0. The summed E-state index contributed by atoms with van der Waals surface area (Å²) < 4.78 is 4.04. The van der Waals surface area contributed by atoms with Gasteiger partial charge in [0.15, 0.2) is 0 Å². The molecule has 3 aliphatic rings. The lowest BCUT2D eigenvalue weighted by molar-refractivity contribution is -1.06. The lowest BCUT2D eigenvalue weighted by Gasteiger charge is -2.43. The Morgan fingerprint density at radius 3 is 2.73 bits per heavy atom. The van der Waals surface area contributed by atoms with Crippen LogP contribution in [0.5, 0.6) is 5.75 Å². The molecule has 2 amide bonds. The fourth-order valence-electron chi connectivity index (χ4n) is 4.45. The molecular formula is C20H26N5O5+. The van der Waals surface area contributed by atoms with Gasteiger partial charge in [-0.05, 0) is 24.3 Å². The third-order valence-electron chi connectivity index (χ3n) is 5.98. The Morgan fingerprint density at radius 2 is 2.07 bits per heavy atom. The van der Waals surface area contributed by atoms with Gasteiger partial charge in [0.2, 0.25) is 0 Å². The summed E-state index contributed by atoms with van der Waals surface area (Å²) in [6.07, 6.45) is 2.57. The summed E-state index contributed by atoms with van der Waals surface area (Å²) in [6.45, 7) is 3.54. The molecule has 2 unspecified atom stereocenters. The molecule has 0 bridgehead atoms. The van der Waals surface area contributed by atoms with Gasteiger partial charge in [0.25, 0.3) is 6.17 Å². The van der Waals surface area contributed by atoms with Gasteiger partial charge in [-0.15, -0.1) is 6.42 Å².